The summed E-state index contributed by atoms with van der Waals surface area (Å²) >= 11 is 0. The first-order valence-corrected chi connectivity index (χ1v) is 8.11. The van der Waals surface area contributed by atoms with Gasteiger partial charge in [0.05, 0.1) is 11.0 Å². The largest absolute Gasteiger partial charge is 0.328 e. The first-order chi connectivity index (χ1) is 9.88. The van der Waals surface area contributed by atoms with Crippen LogP contribution in [0.4, 0.5) is 0 Å². The van der Waals surface area contributed by atoms with Gasteiger partial charge in [0.15, 0.2) is 0 Å². The molecular formula is C17H21N3. The lowest BCUT2D eigenvalue weighted by atomic mass is 9.74. The van der Waals surface area contributed by atoms with Gasteiger partial charge in [-0.15, -0.1) is 0 Å². The molecule has 3 aliphatic rings. The molecule has 1 saturated heterocycles. The highest BCUT2D eigenvalue weighted by molar-refractivity contribution is 5.79. The highest BCUT2D eigenvalue weighted by Crippen LogP contribution is 2.39. The number of hydrogen-bond acceptors (Lipinski definition) is 2. The van der Waals surface area contributed by atoms with Crippen LogP contribution in [0.15, 0.2) is 12.1 Å². The zero-order valence-electron chi connectivity index (χ0n) is 11.9. The number of nitrogens with one attached hydrogen (secondary N) is 1. The van der Waals surface area contributed by atoms with Crippen molar-refractivity contribution in [2.24, 2.45) is 5.92 Å². The van der Waals surface area contributed by atoms with Crippen LogP contribution in [0.1, 0.15) is 42.1 Å². The van der Waals surface area contributed by atoms with Crippen LogP contribution < -0.4 is 5.32 Å². The number of rotatable bonds is 0. The van der Waals surface area contributed by atoms with Crippen molar-refractivity contribution in [1.29, 1.82) is 0 Å². The summed E-state index contributed by atoms with van der Waals surface area (Å²) in [5, 5.41) is 3.61. The lowest BCUT2D eigenvalue weighted by molar-refractivity contribution is 0.318. The molecular weight excluding hydrogens is 246 g/mol. The summed E-state index contributed by atoms with van der Waals surface area (Å²) < 4.78 is 2.47. The molecule has 1 fully saturated rings. The Morgan fingerprint density at radius 1 is 1.20 bits per heavy atom. The number of piperidine rings is 1. The topological polar surface area (TPSA) is 29.9 Å². The first kappa shape index (κ1) is 11.3. The van der Waals surface area contributed by atoms with Crippen LogP contribution in [-0.4, -0.2) is 22.6 Å². The van der Waals surface area contributed by atoms with E-state index in [9.17, 15) is 0 Å². The zero-order chi connectivity index (χ0) is 13.1. The Morgan fingerprint density at radius 3 is 3.20 bits per heavy atom. The highest BCUT2D eigenvalue weighted by Gasteiger charge is 2.31. The fourth-order valence-electron chi connectivity index (χ4n) is 4.56. The monoisotopic (exact) mass is 267 g/mol. The van der Waals surface area contributed by atoms with E-state index in [1.807, 2.05) is 0 Å². The third kappa shape index (κ3) is 1.53. The number of imidazole rings is 1. The lowest BCUT2D eigenvalue weighted by Gasteiger charge is -2.36. The van der Waals surface area contributed by atoms with Crippen molar-refractivity contribution in [1.82, 2.24) is 14.9 Å². The van der Waals surface area contributed by atoms with Crippen LogP contribution in [0.2, 0.25) is 0 Å². The molecule has 0 amide bonds. The lowest BCUT2D eigenvalue weighted by Crippen LogP contribution is -2.39. The minimum Gasteiger partial charge on any atom is -0.328 e. The molecule has 5 rings (SSSR count). The maximum Gasteiger partial charge on any atom is 0.109 e. The average Bonchev–Trinajstić information content (AvgIpc) is 2.83. The minimum absolute atomic E-state index is 0.733. The molecule has 3 heteroatoms. The van der Waals surface area contributed by atoms with Crippen LogP contribution in [0, 0.1) is 5.92 Å². The minimum atomic E-state index is 0.733. The number of fused-ring (bicyclic) bond motifs is 7. The van der Waals surface area contributed by atoms with Gasteiger partial charge in [-0.25, -0.2) is 4.98 Å². The van der Waals surface area contributed by atoms with Crippen LogP contribution >= 0.6 is 0 Å². The molecule has 1 aliphatic carbocycles. The summed E-state index contributed by atoms with van der Waals surface area (Å²) in [7, 11) is 0. The van der Waals surface area contributed by atoms with Crippen LogP contribution in [0.3, 0.4) is 0 Å². The maximum absolute atomic E-state index is 4.90. The Morgan fingerprint density at radius 2 is 2.20 bits per heavy atom. The Balaban J connectivity index is 1.72. The van der Waals surface area contributed by atoms with Gasteiger partial charge in [0.1, 0.15) is 5.82 Å². The normalized spacial score (nSPS) is 28.2. The van der Waals surface area contributed by atoms with E-state index in [1.54, 1.807) is 11.1 Å². The highest BCUT2D eigenvalue weighted by atomic mass is 15.1. The fraction of sp³-hybridized carbons (Fsp3) is 0.588. The van der Waals surface area contributed by atoms with Gasteiger partial charge in [-0.2, -0.15) is 0 Å². The van der Waals surface area contributed by atoms with Gasteiger partial charge < -0.3 is 9.88 Å². The maximum atomic E-state index is 4.90. The Hall–Kier alpha value is -1.35. The molecule has 0 radical (unpaired) electrons. The average molecular weight is 267 g/mol. The Bertz CT molecular complexity index is 685. The molecule has 1 aromatic carbocycles. The third-order valence-corrected chi connectivity index (χ3v) is 5.51. The molecule has 1 N–H and O–H groups in total. The zero-order valence-corrected chi connectivity index (χ0v) is 11.9. The molecule has 3 heterocycles. The summed E-state index contributed by atoms with van der Waals surface area (Å²) in [5.74, 6) is 2.89. The Kier molecular flexibility index (Phi) is 2.31. The third-order valence-electron chi connectivity index (χ3n) is 5.51. The van der Waals surface area contributed by atoms with Crippen molar-refractivity contribution >= 4 is 11.0 Å². The van der Waals surface area contributed by atoms with Crippen molar-refractivity contribution < 1.29 is 0 Å². The van der Waals surface area contributed by atoms with E-state index in [0.717, 1.165) is 31.3 Å². The van der Waals surface area contributed by atoms with Gasteiger partial charge in [0.2, 0.25) is 0 Å². The van der Waals surface area contributed by atoms with E-state index in [4.69, 9.17) is 4.98 Å². The first-order valence-electron chi connectivity index (χ1n) is 8.11. The molecule has 20 heavy (non-hydrogen) atoms. The quantitative estimate of drug-likeness (QED) is 0.795. The second-order valence-corrected chi connectivity index (χ2v) is 6.84. The fourth-order valence-corrected chi connectivity index (χ4v) is 4.56. The van der Waals surface area contributed by atoms with E-state index < -0.39 is 0 Å². The summed E-state index contributed by atoms with van der Waals surface area (Å²) in [6, 6.07) is 4.88. The summed E-state index contributed by atoms with van der Waals surface area (Å²) in [5.41, 5.74) is 5.82. The van der Waals surface area contributed by atoms with Crippen molar-refractivity contribution in [3.8, 4) is 0 Å². The van der Waals surface area contributed by atoms with Crippen LogP contribution in [-0.2, 0) is 19.4 Å². The molecule has 2 atom stereocenters. The van der Waals surface area contributed by atoms with Crippen molar-refractivity contribution in [3.05, 3.63) is 29.1 Å². The smallest absolute Gasteiger partial charge is 0.109 e. The van der Waals surface area contributed by atoms with E-state index >= 15 is 0 Å². The Labute approximate surface area is 119 Å². The van der Waals surface area contributed by atoms with E-state index in [1.165, 1.54) is 49.1 Å². The predicted octanol–water partition coefficient (Wildman–Crippen LogP) is 2.62. The molecule has 2 unspecified atom stereocenters. The van der Waals surface area contributed by atoms with Crippen molar-refractivity contribution in [3.63, 3.8) is 0 Å². The molecule has 2 bridgehead atoms. The molecule has 2 aromatic rings. The van der Waals surface area contributed by atoms with Gasteiger partial charge in [0, 0.05) is 19.5 Å². The number of aryl methyl sites for hydroxylation is 2. The molecule has 2 aliphatic heterocycles. The summed E-state index contributed by atoms with van der Waals surface area (Å²) in [6.07, 6.45) is 6.40. The summed E-state index contributed by atoms with van der Waals surface area (Å²) in [6.45, 7) is 3.53. The number of hydrogen-bond donors (Lipinski definition) is 1. The summed E-state index contributed by atoms with van der Waals surface area (Å²) in [4.78, 5) is 4.90. The van der Waals surface area contributed by atoms with E-state index in [2.05, 4.69) is 22.0 Å². The SMILES string of the molecule is c1c2c(cc3c1nc1n3CCCC1)C1CNCC(C2)C1. The second-order valence-electron chi connectivity index (χ2n) is 6.84. The molecule has 104 valence electrons. The van der Waals surface area contributed by atoms with E-state index in [-0.39, 0.29) is 0 Å². The second kappa shape index (κ2) is 4.08. The van der Waals surface area contributed by atoms with Gasteiger partial charge in [0.25, 0.3) is 0 Å². The van der Waals surface area contributed by atoms with Crippen molar-refractivity contribution in [2.75, 3.05) is 13.1 Å². The van der Waals surface area contributed by atoms with Crippen molar-refractivity contribution in [2.45, 2.75) is 44.6 Å². The van der Waals surface area contributed by atoms with Gasteiger partial charge in [-0.1, -0.05) is 0 Å². The molecule has 3 nitrogen and oxygen atoms in total. The predicted molar refractivity (Wildman–Crippen MR) is 80.1 cm³/mol. The van der Waals surface area contributed by atoms with Gasteiger partial charge in [-0.3, -0.25) is 0 Å². The number of benzene rings is 1. The van der Waals surface area contributed by atoms with Crippen LogP contribution in [0.25, 0.3) is 11.0 Å². The van der Waals surface area contributed by atoms with E-state index in [0.29, 0.717) is 0 Å². The van der Waals surface area contributed by atoms with Gasteiger partial charge >= 0.3 is 0 Å². The standard InChI is InChI=1S/C17H21N3/c1-2-4-20-16-8-14-12(7-15(16)19-17(20)3-1)5-11-6-13(14)10-18-9-11/h7-8,11,13,18H,1-6,9-10H2. The molecule has 0 saturated carbocycles. The van der Waals surface area contributed by atoms with Gasteiger partial charge in [-0.05, 0) is 67.3 Å². The van der Waals surface area contributed by atoms with Crippen LogP contribution in [0.5, 0.6) is 0 Å². The molecule has 1 aromatic heterocycles. The number of nitrogens with zero attached hydrogens (tertiary/aromatic N) is 2. The number of aromatic nitrogens is 2. The molecule has 0 spiro atoms.